The lowest BCUT2D eigenvalue weighted by Crippen LogP contribution is -2.52. The zero-order valence-corrected chi connectivity index (χ0v) is 16.8. The maximum atomic E-state index is 13.0. The van der Waals surface area contributed by atoms with E-state index in [4.69, 9.17) is 11.6 Å². The molecule has 2 atom stereocenters. The molecule has 1 aliphatic heterocycles. The summed E-state index contributed by atoms with van der Waals surface area (Å²) in [6.07, 6.45) is -3.27. The Hall–Kier alpha value is -1.80. The number of nitrogens with zero attached hydrogens (tertiary/aromatic N) is 2. The van der Waals surface area contributed by atoms with Crippen LogP contribution in [0.15, 0.2) is 24.3 Å². The monoisotopic (exact) mass is 431 g/mol. The van der Waals surface area contributed by atoms with Crippen LogP contribution >= 0.6 is 11.6 Å². The molecule has 0 spiro atoms. The summed E-state index contributed by atoms with van der Waals surface area (Å²) in [6, 6.07) is 6.96. The number of rotatable bonds is 4. The van der Waals surface area contributed by atoms with Crippen molar-refractivity contribution in [3.05, 3.63) is 29.3 Å². The van der Waals surface area contributed by atoms with Crippen molar-refractivity contribution in [2.24, 2.45) is 11.8 Å². The molecule has 1 saturated carbocycles. The number of benzene rings is 1. The number of hydrogen-bond donors (Lipinski definition) is 1. The molecule has 2 amide bonds. The molecular formula is C20H25ClF3N3O2. The summed E-state index contributed by atoms with van der Waals surface area (Å²) >= 11 is 6.03. The summed E-state index contributed by atoms with van der Waals surface area (Å²) in [5.74, 6) is -2.30. The molecule has 1 aromatic rings. The van der Waals surface area contributed by atoms with Crippen molar-refractivity contribution in [3.8, 4) is 0 Å². The van der Waals surface area contributed by atoms with Crippen molar-refractivity contribution in [2.45, 2.75) is 31.9 Å². The zero-order chi connectivity index (χ0) is 21.0. The molecule has 2 fully saturated rings. The van der Waals surface area contributed by atoms with E-state index in [2.05, 4.69) is 5.32 Å². The molecule has 0 aromatic heterocycles. The van der Waals surface area contributed by atoms with E-state index in [0.717, 1.165) is 0 Å². The molecule has 1 aliphatic carbocycles. The van der Waals surface area contributed by atoms with E-state index in [9.17, 15) is 22.8 Å². The molecule has 160 valence electrons. The first-order chi connectivity index (χ1) is 13.7. The van der Waals surface area contributed by atoms with Gasteiger partial charge in [-0.05, 0) is 31.4 Å². The van der Waals surface area contributed by atoms with Gasteiger partial charge in [0.1, 0.15) is 0 Å². The van der Waals surface area contributed by atoms with Gasteiger partial charge in [0.25, 0.3) is 0 Å². The van der Waals surface area contributed by atoms with Crippen molar-refractivity contribution in [1.29, 1.82) is 0 Å². The second kappa shape index (κ2) is 9.34. The minimum Gasteiger partial charge on any atom is -0.340 e. The quantitative estimate of drug-likeness (QED) is 0.789. The summed E-state index contributed by atoms with van der Waals surface area (Å²) in [4.78, 5) is 28.5. The van der Waals surface area contributed by atoms with E-state index in [1.807, 2.05) is 4.90 Å². The van der Waals surface area contributed by atoms with Crippen molar-refractivity contribution in [1.82, 2.24) is 9.80 Å². The van der Waals surface area contributed by atoms with Gasteiger partial charge in [0.05, 0.1) is 23.2 Å². The molecule has 1 saturated heterocycles. The normalized spacial score (nSPS) is 23.7. The number of alkyl halides is 3. The first kappa shape index (κ1) is 21.9. The second-order valence-electron chi connectivity index (χ2n) is 7.73. The van der Waals surface area contributed by atoms with Crippen molar-refractivity contribution in [3.63, 3.8) is 0 Å². The Labute approximate surface area is 173 Å². The number of amides is 2. The second-order valence-corrected chi connectivity index (χ2v) is 8.14. The Kier molecular flexibility index (Phi) is 7.05. The van der Waals surface area contributed by atoms with Crippen molar-refractivity contribution >= 4 is 29.1 Å². The number of piperazine rings is 1. The maximum Gasteiger partial charge on any atom is 0.391 e. The molecule has 9 heteroatoms. The van der Waals surface area contributed by atoms with Gasteiger partial charge in [-0.15, -0.1) is 0 Å². The highest BCUT2D eigenvalue weighted by Gasteiger charge is 2.44. The molecular weight excluding hydrogens is 407 g/mol. The third-order valence-electron chi connectivity index (χ3n) is 5.69. The molecule has 2 unspecified atom stereocenters. The number of anilines is 1. The van der Waals surface area contributed by atoms with Gasteiger partial charge in [0, 0.05) is 32.1 Å². The lowest BCUT2D eigenvalue weighted by Gasteiger charge is -2.38. The van der Waals surface area contributed by atoms with Gasteiger partial charge >= 0.3 is 6.18 Å². The van der Waals surface area contributed by atoms with Gasteiger partial charge in [0.15, 0.2) is 0 Å². The molecule has 5 nitrogen and oxygen atoms in total. The summed E-state index contributed by atoms with van der Waals surface area (Å²) in [5.41, 5.74) is 0.546. The lowest BCUT2D eigenvalue weighted by molar-refractivity contribution is -0.187. The molecule has 2 aliphatic rings. The number of hydrogen-bond acceptors (Lipinski definition) is 3. The average molecular weight is 432 g/mol. The highest BCUT2D eigenvalue weighted by molar-refractivity contribution is 6.33. The Morgan fingerprint density at radius 2 is 1.79 bits per heavy atom. The predicted molar refractivity (Wildman–Crippen MR) is 105 cm³/mol. The number of carbonyl (C=O) groups is 2. The van der Waals surface area contributed by atoms with Gasteiger partial charge in [-0.3, -0.25) is 14.5 Å². The van der Waals surface area contributed by atoms with Crippen LogP contribution in [0.1, 0.15) is 25.7 Å². The van der Waals surface area contributed by atoms with Crippen LogP contribution in [0.25, 0.3) is 0 Å². The van der Waals surface area contributed by atoms with Crippen LogP contribution < -0.4 is 5.32 Å². The van der Waals surface area contributed by atoms with Gasteiger partial charge in [-0.25, -0.2) is 0 Å². The van der Waals surface area contributed by atoms with E-state index in [1.165, 1.54) is 0 Å². The Morgan fingerprint density at radius 3 is 2.45 bits per heavy atom. The fourth-order valence-electron chi connectivity index (χ4n) is 4.05. The summed E-state index contributed by atoms with van der Waals surface area (Å²) in [6.45, 7) is 2.04. The molecule has 1 N–H and O–H groups in total. The summed E-state index contributed by atoms with van der Waals surface area (Å²) in [7, 11) is 0. The van der Waals surface area contributed by atoms with Crippen LogP contribution in [0.4, 0.5) is 18.9 Å². The van der Waals surface area contributed by atoms with Gasteiger partial charge < -0.3 is 10.2 Å². The number of para-hydroxylation sites is 1. The van der Waals surface area contributed by atoms with Crippen LogP contribution in [-0.2, 0) is 9.59 Å². The topological polar surface area (TPSA) is 52.7 Å². The molecule has 0 radical (unpaired) electrons. The minimum atomic E-state index is -4.23. The van der Waals surface area contributed by atoms with E-state index < -0.39 is 18.0 Å². The van der Waals surface area contributed by atoms with Crippen molar-refractivity contribution in [2.75, 3.05) is 38.0 Å². The molecule has 29 heavy (non-hydrogen) atoms. The number of halogens is 4. The van der Waals surface area contributed by atoms with Crippen molar-refractivity contribution < 1.29 is 22.8 Å². The summed E-state index contributed by atoms with van der Waals surface area (Å²) in [5, 5.41) is 3.22. The van der Waals surface area contributed by atoms with Gasteiger partial charge in [-0.1, -0.05) is 30.2 Å². The van der Waals surface area contributed by atoms with Crippen LogP contribution in [0.5, 0.6) is 0 Å². The molecule has 1 heterocycles. The molecule has 0 bridgehead atoms. The fourth-order valence-corrected chi connectivity index (χ4v) is 4.23. The maximum absolute atomic E-state index is 13.0. The molecule has 1 aromatic carbocycles. The Balaban J connectivity index is 1.45. The average Bonchev–Trinajstić information content (AvgIpc) is 2.69. The first-order valence-corrected chi connectivity index (χ1v) is 10.2. The minimum absolute atomic E-state index is 0.108. The third-order valence-corrected chi connectivity index (χ3v) is 6.02. The fraction of sp³-hybridized carbons (Fsp3) is 0.600. The zero-order valence-electron chi connectivity index (χ0n) is 16.1. The lowest BCUT2D eigenvalue weighted by atomic mass is 9.80. The number of carbonyl (C=O) groups excluding carboxylic acids is 2. The van der Waals surface area contributed by atoms with E-state index in [1.54, 1.807) is 29.2 Å². The highest BCUT2D eigenvalue weighted by atomic mass is 35.5. The Bertz CT molecular complexity index is 736. The van der Waals surface area contributed by atoms with Gasteiger partial charge in [0.2, 0.25) is 11.8 Å². The smallest absolute Gasteiger partial charge is 0.340 e. The first-order valence-electron chi connectivity index (χ1n) is 9.86. The van der Waals surface area contributed by atoms with E-state index in [-0.39, 0.29) is 31.2 Å². The van der Waals surface area contributed by atoms with Crippen LogP contribution in [0.3, 0.4) is 0 Å². The van der Waals surface area contributed by atoms with Crippen LogP contribution in [-0.4, -0.2) is 60.5 Å². The molecule has 3 rings (SSSR count). The van der Waals surface area contributed by atoms with E-state index in [0.29, 0.717) is 49.7 Å². The van der Waals surface area contributed by atoms with Crippen LogP contribution in [0.2, 0.25) is 5.02 Å². The third kappa shape index (κ3) is 5.85. The van der Waals surface area contributed by atoms with E-state index >= 15 is 0 Å². The Morgan fingerprint density at radius 1 is 1.10 bits per heavy atom. The largest absolute Gasteiger partial charge is 0.391 e. The standard InChI is InChI=1S/C20H25ClF3N3O2/c21-16-6-1-2-7-17(16)25-18(28)13-26-8-10-27(11-9-26)19(29)14-4-3-5-15(12-14)20(22,23)24/h1-2,6-7,14-15H,3-5,8-13H2,(H,25,28). The highest BCUT2D eigenvalue weighted by Crippen LogP contribution is 2.40. The SMILES string of the molecule is O=C(CN1CCN(C(=O)C2CCCC(C(F)(F)F)C2)CC1)Nc1ccccc1Cl. The van der Waals surface area contributed by atoms with Crippen LogP contribution in [0, 0.1) is 11.8 Å². The number of nitrogens with one attached hydrogen (secondary N) is 1. The predicted octanol–water partition coefficient (Wildman–Crippen LogP) is 3.79. The summed E-state index contributed by atoms with van der Waals surface area (Å²) < 4.78 is 39.0. The van der Waals surface area contributed by atoms with Gasteiger partial charge in [-0.2, -0.15) is 13.2 Å².